The average Bonchev–Trinajstić information content (AvgIpc) is 2.36. The van der Waals surface area contributed by atoms with Crippen molar-refractivity contribution in [1.29, 1.82) is 0 Å². The maximum atomic E-state index is 12.0. The number of esters is 1. The van der Waals surface area contributed by atoms with E-state index in [0.717, 1.165) is 0 Å². The molecule has 90 valence electrons. The monoisotopic (exact) mass is 253 g/mol. The van der Waals surface area contributed by atoms with Gasteiger partial charge >= 0.3 is 5.97 Å². The molecule has 5 nitrogen and oxygen atoms in total. The van der Waals surface area contributed by atoms with E-state index >= 15 is 0 Å². The number of terminal acetylenes is 1. The third kappa shape index (κ3) is 2.40. The lowest BCUT2D eigenvalue weighted by Gasteiger charge is -2.14. The fraction of sp³-hybridized carbons (Fsp3) is 0.182. The smallest absolute Gasteiger partial charge is 0.339 e. The number of hydrogen-bond acceptors (Lipinski definition) is 4. The Morgan fingerprint density at radius 2 is 2.00 bits per heavy atom. The van der Waals surface area contributed by atoms with Crippen molar-refractivity contribution in [2.75, 3.05) is 14.2 Å². The van der Waals surface area contributed by atoms with Gasteiger partial charge in [-0.2, -0.15) is 0 Å². The predicted octanol–water partition coefficient (Wildman–Crippen LogP) is 0.684. The molecule has 0 fully saturated rings. The minimum atomic E-state index is -3.88. The van der Waals surface area contributed by atoms with Gasteiger partial charge in [0.1, 0.15) is 4.90 Å². The molecule has 1 rings (SSSR count). The Morgan fingerprint density at radius 1 is 1.41 bits per heavy atom. The third-order valence-electron chi connectivity index (χ3n) is 2.11. The summed E-state index contributed by atoms with van der Waals surface area (Å²) in [6.07, 6.45) is 5.03. The summed E-state index contributed by atoms with van der Waals surface area (Å²) in [6, 6.07) is 7.69. The normalized spacial score (nSPS) is 10.4. The Bertz CT molecular complexity index is 571. The molecule has 0 saturated heterocycles. The summed E-state index contributed by atoms with van der Waals surface area (Å²) in [6.45, 7) is 0. The molecule has 1 aromatic rings. The van der Waals surface area contributed by atoms with Crippen LogP contribution in [0, 0.1) is 12.5 Å². The number of sulfonamides is 1. The highest BCUT2D eigenvalue weighted by Gasteiger charge is 2.25. The molecule has 0 saturated carbocycles. The third-order valence-corrected chi connectivity index (χ3v) is 3.85. The maximum Gasteiger partial charge on any atom is 0.339 e. The van der Waals surface area contributed by atoms with Crippen LogP contribution in [-0.2, 0) is 14.8 Å². The average molecular weight is 253 g/mol. The van der Waals surface area contributed by atoms with Crippen LogP contribution in [0.2, 0.25) is 0 Å². The van der Waals surface area contributed by atoms with E-state index in [1.54, 1.807) is 6.07 Å². The lowest BCUT2D eigenvalue weighted by Crippen LogP contribution is -2.24. The topological polar surface area (TPSA) is 63.7 Å². The Kier molecular flexibility index (Phi) is 3.76. The van der Waals surface area contributed by atoms with Gasteiger partial charge in [0.05, 0.1) is 12.7 Å². The van der Waals surface area contributed by atoms with Crippen molar-refractivity contribution in [1.82, 2.24) is 4.31 Å². The molecule has 6 heteroatoms. The molecule has 0 spiro atoms. The highest BCUT2D eigenvalue weighted by atomic mass is 32.2. The largest absolute Gasteiger partial charge is 0.465 e. The van der Waals surface area contributed by atoms with E-state index in [0.29, 0.717) is 4.31 Å². The summed E-state index contributed by atoms with van der Waals surface area (Å²) in [4.78, 5) is 11.3. The lowest BCUT2D eigenvalue weighted by molar-refractivity contribution is 0.0596. The van der Waals surface area contributed by atoms with Crippen molar-refractivity contribution in [2.24, 2.45) is 0 Å². The van der Waals surface area contributed by atoms with E-state index in [2.05, 4.69) is 4.74 Å². The first kappa shape index (κ1) is 13.1. The van der Waals surface area contributed by atoms with E-state index in [4.69, 9.17) is 6.42 Å². The molecule has 0 bridgehead atoms. The van der Waals surface area contributed by atoms with Gasteiger partial charge in [0.25, 0.3) is 10.0 Å². The molecule has 0 aromatic heterocycles. The van der Waals surface area contributed by atoms with Crippen LogP contribution in [0.1, 0.15) is 10.4 Å². The number of hydrogen-bond donors (Lipinski definition) is 0. The van der Waals surface area contributed by atoms with Gasteiger partial charge in [-0.05, 0) is 12.1 Å². The number of benzene rings is 1. The van der Waals surface area contributed by atoms with Crippen LogP contribution in [0.15, 0.2) is 29.2 Å². The van der Waals surface area contributed by atoms with Crippen LogP contribution >= 0.6 is 0 Å². The first-order valence-electron chi connectivity index (χ1n) is 4.57. The fourth-order valence-electron chi connectivity index (χ4n) is 1.19. The van der Waals surface area contributed by atoms with Crippen LogP contribution in [0.25, 0.3) is 0 Å². The molecule has 0 amide bonds. The van der Waals surface area contributed by atoms with Crippen molar-refractivity contribution in [3.05, 3.63) is 29.8 Å². The standard InChI is InChI=1S/C11H11NO4S/c1-4-12(2)17(14,15)10-8-6-5-7-9(10)11(13)16-3/h1,5-8H,2-3H3. The highest BCUT2D eigenvalue weighted by molar-refractivity contribution is 7.89. The molecule has 0 unspecified atom stereocenters. The Hall–Kier alpha value is -2.00. The van der Waals surface area contributed by atoms with Gasteiger partial charge in [0.2, 0.25) is 0 Å². The van der Waals surface area contributed by atoms with E-state index in [-0.39, 0.29) is 10.5 Å². The van der Waals surface area contributed by atoms with Gasteiger partial charge in [-0.1, -0.05) is 18.6 Å². The van der Waals surface area contributed by atoms with Crippen molar-refractivity contribution in [2.45, 2.75) is 4.90 Å². The first-order chi connectivity index (χ1) is 7.95. The molecular formula is C11H11NO4S. The lowest BCUT2D eigenvalue weighted by atomic mass is 10.2. The second kappa shape index (κ2) is 4.89. The molecule has 0 heterocycles. The number of carbonyl (C=O) groups excluding carboxylic acids is 1. The van der Waals surface area contributed by atoms with Crippen molar-refractivity contribution in [3.8, 4) is 12.5 Å². The molecule has 0 aliphatic rings. The second-order valence-corrected chi connectivity index (χ2v) is 5.03. The Balaban J connectivity index is 3.44. The zero-order valence-corrected chi connectivity index (χ0v) is 10.2. The van der Waals surface area contributed by atoms with Gasteiger partial charge in [0.15, 0.2) is 0 Å². The SMILES string of the molecule is C#CN(C)S(=O)(=O)c1ccccc1C(=O)OC. The highest BCUT2D eigenvalue weighted by Crippen LogP contribution is 2.19. The van der Waals surface area contributed by atoms with Gasteiger partial charge < -0.3 is 4.74 Å². The number of ether oxygens (including phenoxy) is 1. The predicted molar refractivity (Wildman–Crippen MR) is 61.6 cm³/mol. The van der Waals surface area contributed by atoms with E-state index < -0.39 is 16.0 Å². The molecule has 0 aliphatic heterocycles. The first-order valence-corrected chi connectivity index (χ1v) is 6.01. The fourth-order valence-corrected chi connectivity index (χ4v) is 2.30. The quantitative estimate of drug-likeness (QED) is 0.451. The zero-order valence-electron chi connectivity index (χ0n) is 9.38. The second-order valence-electron chi connectivity index (χ2n) is 3.09. The summed E-state index contributed by atoms with van der Waals surface area (Å²) in [5.74, 6) is -0.727. The van der Waals surface area contributed by atoms with Crippen molar-refractivity contribution in [3.63, 3.8) is 0 Å². The van der Waals surface area contributed by atoms with E-state index in [1.165, 1.54) is 32.4 Å². The summed E-state index contributed by atoms with van der Waals surface area (Å²) in [5, 5.41) is 0. The summed E-state index contributed by atoms with van der Waals surface area (Å²) in [7, 11) is -1.48. The summed E-state index contributed by atoms with van der Waals surface area (Å²) in [5.41, 5.74) is -0.0444. The Morgan fingerprint density at radius 3 is 2.53 bits per heavy atom. The van der Waals surface area contributed by atoms with Gasteiger partial charge in [0, 0.05) is 13.1 Å². The van der Waals surface area contributed by atoms with Crippen LogP contribution < -0.4 is 0 Å². The number of carbonyl (C=O) groups is 1. The molecule has 0 radical (unpaired) electrons. The summed E-state index contributed by atoms with van der Waals surface area (Å²) >= 11 is 0. The number of nitrogens with zero attached hydrogens (tertiary/aromatic N) is 1. The number of methoxy groups -OCH3 is 1. The molecular weight excluding hydrogens is 242 g/mol. The molecule has 1 aromatic carbocycles. The number of rotatable bonds is 3. The zero-order chi connectivity index (χ0) is 13.1. The Labute approximate surface area is 100 Å². The van der Waals surface area contributed by atoms with Crippen molar-refractivity contribution >= 4 is 16.0 Å². The molecule has 0 aliphatic carbocycles. The minimum Gasteiger partial charge on any atom is -0.465 e. The van der Waals surface area contributed by atoms with Crippen LogP contribution in [-0.4, -0.2) is 32.8 Å². The molecule has 17 heavy (non-hydrogen) atoms. The van der Waals surface area contributed by atoms with Crippen LogP contribution in [0.3, 0.4) is 0 Å². The molecule has 0 N–H and O–H groups in total. The van der Waals surface area contributed by atoms with E-state index in [1.807, 2.05) is 6.04 Å². The minimum absolute atomic E-state index is 0.0444. The van der Waals surface area contributed by atoms with Gasteiger partial charge in [-0.15, -0.1) is 0 Å². The van der Waals surface area contributed by atoms with E-state index in [9.17, 15) is 13.2 Å². The van der Waals surface area contributed by atoms with Gasteiger partial charge in [-0.25, -0.2) is 17.5 Å². The van der Waals surface area contributed by atoms with Crippen molar-refractivity contribution < 1.29 is 17.9 Å². The summed E-state index contributed by atoms with van der Waals surface area (Å²) < 4.78 is 29.2. The van der Waals surface area contributed by atoms with Crippen LogP contribution in [0.4, 0.5) is 0 Å². The van der Waals surface area contributed by atoms with Crippen LogP contribution in [0.5, 0.6) is 0 Å². The molecule has 0 atom stereocenters. The maximum absolute atomic E-state index is 12.0. The van der Waals surface area contributed by atoms with Gasteiger partial charge in [-0.3, -0.25) is 0 Å².